The van der Waals surface area contributed by atoms with Crippen LogP contribution in [0, 0.1) is 13.8 Å². The van der Waals surface area contributed by atoms with E-state index in [4.69, 9.17) is 4.42 Å². The predicted octanol–water partition coefficient (Wildman–Crippen LogP) is 3.11. The van der Waals surface area contributed by atoms with Gasteiger partial charge in [0.25, 0.3) is 0 Å². The second kappa shape index (κ2) is 5.83. The summed E-state index contributed by atoms with van der Waals surface area (Å²) in [6.07, 6.45) is 3.76. The number of oxazole rings is 1. The number of nitrogens with zero attached hydrogens (tertiary/aromatic N) is 1. The molecule has 0 aliphatic carbocycles. The summed E-state index contributed by atoms with van der Waals surface area (Å²) in [5.41, 5.74) is 3.63. The lowest BCUT2D eigenvalue weighted by molar-refractivity contribution is 0.495. The molecule has 1 aromatic heterocycles. The highest BCUT2D eigenvalue weighted by atomic mass is 16.4. The number of aryl methyl sites for hydroxylation is 3. The Labute approximate surface area is 108 Å². The third-order valence-electron chi connectivity index (χ3n) is 3.10. The van der Waals surface area contributed by atoms with E-state index in [1.807, 2.05) is 13.2 Å². The molecule has 0 aliphatic rings. The first-order valence-corrected chi connectivity index (χ1v) is 6.38. The molecule has 0 saturated carbocycles. The van der Waals surface area contributed by atoms with Crippen molar-refractivity contribution in [1.29, 1.82) is 0 Å². The fourth-order valence-electron chi connectivity index (χ4n) is 2.16. The largest absolute Gasteiger partial charge is 0.441 e. The Bertz CT molecular complexity index is 497. The first-order valence-electron chi connectivity index (χ1n) is 6.38. The summed E-state index contributed by atoms with van der Waals surface area (Å²) in [5.74, 6) is 1.70. The van der Waals surface area contributed by atoms with Crippen LogP contribution < -0.4 is 5.32 Å². The lowest BCUT2D eigenvalue weighted by atomic mass is 10.0. The zero-order valence-corrected chi connectivity index (χ0v) is 11.3. The van der Waals surface area contributed by atoms with Crippen LogP contribution in [0.15, 0.2) is 28.8 Å². The van der Waals surface area contributed by atoms with Crippen molar-refractivity contribution in [2.75, 3.05) is 13.6 Å². The molecule has 18 heavy (non-hydrogen) atoms. The molecule has 0 bridgehead atoms. The average molecular weight is 244 g/mol. The highest BCUT2D eigenvalue weighted by Crippen LogP contribution is 2.27. The van der Waals surface area contributed by atoms with Gasteiger partial charge in [-0.25, -0.2) is 4.98 Å². The van der Waals surface area contributed by atoms with E-state index in [-0.39, 0.29) is 0 Å². The summed E-state index contributed by atoms with van der Waals surface area (Å²) in [4.78, 5) is 4.35. The van der Waals surface area contributed by atoms with Gasteiger partial charge in [0.1, 0.15) is 0 Å². The number of aromatic nitrogens is 1. The van der Waals surface area contributed by atoms with E-state index in [9.17, 15) is 0 Å². The lowest BCUT2D eigenvalue weighted by Crippen LogP contribution is -2.08. The van der Waals surface area contributed by atoms with Gasteiger partial charge in [0.2, 0.25) is 0 Å². The maximum atomic E-state index is 5.84. The van der Waals surface area contributed by atoms with E-state index in [0.717, 1.165) is 31.0 Å². The minimum Gasteiger partial charge on any atom is -0.441 e. The van der Waals surface area contributed by atoms with Gasteiger partial charge in [-0.05, 0) is 45.0 Å². The Balaban J connectivity index is 2.19. The van der Waals surface area contributed by atoms with Crippen molar-refractivity contribution in [3.63, 3.8) is 0 Å². The fourth-order valence-corrected chi connectivity index (χ4v) is 2.16. The topological polar surface area (TPSA) is 38.1 Å². The zero-order chi connectivity index (χ0) is 13.0. The fraction of sp³-hybridized carbons (Fsp3) is 0.400. The molecule has 0 saturated heterocycles. The normalized spacial score (nSPS) is 10.8. The molecule has 0 unspecified atom stereocenters. The molecule has 3 heteroatoms. The van der Waals surface area contributed by atoms with Crippen molar-refractivity contribution in [1.82, 2.24) is 10.3 Å². The molecule has 2 aromatic rings. The first kappa shape index (κ1) is 12.8. The molecule has 0 atom stereocenters. The van der Waals surface area contributed by atoms with Crippen LogP contribution >= 0.6 is 0 Å². The number of hydrogen-bond acceptors (Lipinski definition) is 3. The predicted molar refractivity (Wildman–Crippen MR) is 73.7 cm³/mol. The molecule has 0 spiro atoms. The Hall–Kier alpha value is -1.61. The summed E-state index contributed by atoms with van der Waals surface area (Å²) in [6.45, 7) is 5.19. The van der Waals surface area contributed by atoms with Gasteiger partial charge in [-0.1, -0.05) is 18.2 Å². The maximum Gasteiger partial charge on any atom is 0.194 e. The third kappa shape index (κ3) is 2.79. The second-order valence-corrected chi connectivity index (χ2v) is 4.59. The maximum absolute atomic E-state index is 5.84. The van der Waals surface area contributed by atoms with Gasteiger partial charge in [-0.3, -0.25) is 0 Å². The van der Waals surface area contributed by atoms with Gasteiger partial charge in [0.05, 0.1) is 6.20 Å². The minimum atomic E-state index is 0.822. The Kier molecular flexibility index (Phi) is 4.15. The molecule has 0 radical (unpaired) electrons. The van der Waals surface area contributed by atoms with Crippen molar-refractivity contribution >= 4 is 0 Å². The molecule has 0 aliphatic heterocycles. The molecule has 96 valence electrons. The van der Waals surface area contributed by atoms with Gasteiger partial charge in [0.15, 0.2) is 11.7 Å². The van der Waals surface area contributed by atoms with Gasteiger partial charge in [-0.15, -0.1) is 0 Å². The van der Waals surface area contributed by atoms with E-state index < -0.39 is 0 Å². The quantitative estimate of drug-likeness (QED) is 0.821. The third-order valence-corrected chi connectivity index (χ3v) is 3.10. The second-order valence-electron chi connectivity index (χ2n) is 4.59. The van der Waals surface area contributed by atoms with Gasteiger partial charge in [-0.2, -0.15) is 0 Å². The highest BCUT2D eigenvalue weighted by Gasteiger charge is 2.10. The SMILES string of the molecule is CNCCCc1ncc(-c2c(C)cccc2C)o1. The van der Waals surface area contributed by atoms with Crippen LogP contribution in [0.5, 0.6) is 0 Å². The van der Waals surface area contributed by atoms with E-state index >= 15 is 0 Å². The number of nitrogens with one attached hydrogen (secondary N) is 1. The molecular formula is C15H20N2O. The van der Waals surface area contributed by atoms with Crippen LogP contribution in [0.25, 0.3) is 11.3 Å². The average Bonchev–Trinajstić information content (AvgIpc) is 2.78. The van der Waals surface area contributed by atoms with Crippen LogP contribution in [0.1, 0.15) is 23.4 Å². The van der Waals surface area contributed by atoms with Crippen LogP contribution in [-0.4, -0.2) is 18.6 Å². The smallest absolute Gasteiger partial charge is 0.194 e. The standard InChI is InChI=1S/C15H20N2O/c1-11-6-4-7-12(2)15(11)13-10-17-14(18-13)8-5-9-16-3/h4,6-7,10,16H,5,8-9H2,1-3H3. The number of benzene rings is 1. The van der Waals surface area contributed by atoms with Gasteiger partial charge in [0, 0.05) is 12.0 Å². The molecular weight excluding hydrogens is 224 g/mol. The number of rotatable bonds is 5. The zero-order valence-electron chi connectivity index (χ0n) is 11.3. The van der Waals surface area contributed by atoms with Gasteiger partial charge >= 0.3 is 0 Å². The van der Waals surface area contributed by atoms with E-state index in [2.05, 4.69) is 42.3 Å². The molecule has 1 heterocycles. The monoisotopic (exact) mass is 244 g/mol. The van der Waals surface area contributed by atoms with E-state index in [0.29, 0.717) is 0 Å². The van der Waals surface area contributed by atoms with Crippen molar-refractivity contribution < 1.29 is 4.42 Å². The van der Waals surface area contributed by atoms with Crippen LogP contribution in [-0.2, 0) is 6.42 Å². The Morgan fingerprint density at radius 3 is 2.61 bits per heavy atom. The van der Waals surface area contributed by atoms with E-state index in [1.165, 1.54) is 16.7 Å². The Morgan fingerprint density at radius 1 is 1.22 bits per heavy atom. The summed E-state index contributed by atoms with van der Waals surface area (Å²) < 4.78 is 5.84. The molecule has 0 amide bonds. The molecule has 1 aromatic carbocycles. The van der Waals surface area contributed by atoms with Gasteiger partial charge < -0.3 is 9.73 Å². The van der Waals surface area contributed by atoms with Crippen molar-refractivity contribution in [3.8, 4) is 11.3 Å². The summed E-state index contributed by atoms with van der Waals surface area (Å²) in [5, 5.41) is 3.13. The van der Waals surface area contributed by atoms with Crippen molar-refractivity contribution in [2.24, 2.45) is 0 Å². The number of hydrogen-bond donors (Lipinski definition) is 1. The van der Waals surface area contributed by atoms with Crippen LogP contribution in [0.2, 0.25) is 0 Å². The van der Waals surface area contributed by atoms with Crippen LogP contribution in [0.3, 0.4) is 0 Å². The van der Waals surface area contributed by atoms with Crippen molar-refractivity contribution in [2.45, 2.75) is 26.7 Å². The summed E-state index contributed by atoms with van der Waals surface area (Å²) in [7, 11) is 1.96. The van der Waals surface area contributed by atoms with Crippen molar-refractivity contribution in [3.05, 3.63) is 41.4 Å². The molecule has 1 N–H and O–H groups in total. The first-order chi connectivity index (χ1) is 8.72. The highest BCUT2D eigenvalue weighted by molar-refractivity contribution is 5.65. The lowest BCUT2D eigenvalue weighted by Gasteiger charge is -2.05. The summed E-state index contributed by atoms with van der Waals surface area (Å²) >= 11 is 0. The molecule has 3 nitrogen and oxygen atoms in total. The Morgan fingerprint density at radius 2 is 1.94 bits per heavy atom. The van der Waals surface area contributed by atoms with Crippen LogP contribution in [0.4, 0.5) is 0 Å². The van der Waals surface area contributed by atoms with E-state index in [1.54, 1.807) is 0 Å². The minimum absolute atomic E-state index is 0.822. The molecule has 0 fully saturated rings. The molecule has 2 rings (SSSR count). The summed E-state index contributed by atoms with van der Waals surface area (Å²) in [6, 6.07) is 6.27.